The van der Waals surface area contributed by atoms with Crippen molar-refractivity contribution in [2.75, 3.05) is 12.4 Å². The molecule has 0 aliphatic carbocycles. The molecular formula is C14H11BrN4O2. The summed E-state index contributed by atoms with van der Waals surface area (Å²) in [5.41, 5.74) is 0.910. The van der Waals surface area contributed by atoms with E-state index in [9.17, 15) is 4.79 Å². The molecule has 7 heteroatoms. The van der Waals surface area contributed by atoms with Crippen molar-refractivity contribution in [3.05, 3.63) is 53.0 Å². The average Bonchev–Trinajstić information content (AvgIpc) is 2.93. The van der Waals surface area contributed by atoms with E-state index >= 15 is 0 Å². The van der Waals surface area contributed by atoms with Crippen LogP contribution in [0.15, 0.2) is 47.3 Å². The first-order chi connectivity index (χ1) is 10.2. The fourth-order valence-corrected chi connectivity index (χ4v) is 2.20. The van der Waals surface area contributed by atoms with Crippen molar-refractivity contribution in [1.82, 2.24) is 14.4 Å². The van der Waals surface area contributed by atoms with Crippen LogP contribution in [0.3, 0.4) is 0 Å². The Morgan fingerprint density at radius 2 is 2.29 bits per heavy atom. The van der Waals surface area contributed by atoms with Crippen LogP contribution in [0.4, 0.5) is 5.69 Å². The Hall–Kier alpha value is -2.41. The zero-order valence-corrected chi connectivity index (χ0v) is 12.7. The summed E-state index contributed by atoms with van der Waals surface area (Å²) in [6.07, 6.45) is 5.04. The predicted octanol–water partition coefficient (Wildman–Crippen LogP) is 2.75. The minimum atomic E-state index is -0.311. The van der Waals surface area contributed by atoms with Crippen LogP contribution in [0.1, 0.15) is 10.5 Å². The van der Waals surface area contributed by atoms with Gasteiger partial charge in [0.05, 0.1) is 12.8 Å². The smallest absolute Gasteiger partial charge is 0.275 e. The summed E-state index contributed by atoms with van der Waals surface area (Å²) in [6, 6.07) is 7.11. The maximum Gasteiger partial charge on any atom is 0.275 e. The molecule has 1 amide bonds. The number of carbonyl (C=O) groups is 1. The molecule has 21 heavy (non-hydrogen) atoms. The molecule has 0 unspecified atom stereocenters. The number of imidazole rings is 1. The van der Waals surface area contributed by atoms with Gasteiger partial charge in [0.2, 0.25) is 5.78 Å². The van der Waals surface area contributed by atoms with Crippen molar-refractivity contribution in [3.8, 4) is 5.75 Å². The van der Waals surface area contributed by atoms with E-state index in [-0.39, 0.29) is 5.91 Å². The van der Waals surface area contributed by atoms with Crippen molar-refractivity contribution >= 4 is 33.3 Å². The number of nitrogens with one attached hydrogen (secondary N) is 1. The lowest BCUT2D eigenvalue weighted by molar-refractivity contribution is 0.102. The lowest BCUT2D eigenvalue weighted by Gasteiger charge is -2.08. The van der Waals surface area contributed by atoms with Crippen LogP contribution in [0.2, 0.25) is 0 Å². The predicted molar refractivity (Wildman–Crippen MR) is 81.6 cm³/mol. The van der Waals surface area contributed by atoms with Crippen LogP contribution in [0.25, 0.3) is 5.78 Å². The number of rotatable bonds is 3. The van der Waals surface area contributed by atoms with Crippen molar-refractivity contribution < 1.29 is 9.53 Å². The molecule has 0 saturated heterocycles. The first kappa shape index (κ1) is 13.6. The Balaban J connectivity index is 1.89. The molecule has 2 aromatic heterocycles. The molecule has 0 spiro atoms. The van der Waals surface area contributed by atoms with Gasteiger partial charge in [0, 0.05) is 29.1 Å². The van der Waals surface area contributed by atoms with Gasteiger partial charge in [-0.1, -0.05) is 0 Å². The Bertz CT molecular complexity index is 783. The van der Waals surface area contributed by atoms with E-state index in [1.54, 1.807) is 54.4 Å². The van der Waals surface area contributed by atoms with Gasteiger partial charge in [-0.15, -0.1) is 0 Å². The topological polar surface area (TPSA) is 68.5 Å². The molecule has 3 rings (SSSR count). The molecule has 0 bridgehead atoms. The first-order valence-electron chi connectivity index (χ1n) is 6.12. The SMILES string of the molecule is COc1ccc(Br)c(NC(=O)c2cn3cccnc3n2)c1. The quantitative estimate of drug-likeness (QED) is 0.791. The molecular weight excluding hydrogens is 336 g/mol. The molecule has 6 nitrogen and oxygen atoms in total. The van der Waals surface area contributed by atoms with Crippen LogP contribution in [-0.4, -0.2) is 27.4 Å². The molecule has 106 valence electrons. The largest absolute Gasteiger partial charge is 0.497 e. The summed E-state index contributed by atoms with van der Waals surface area (Å²) in [5, 5.41) is 2.79. The Kier molecular flexibility index (Phi) is 3.57. The van der Waals surface area contributed by atoms with Crippen LogP contribution in [0.5, 0.6) is 5.75 Å². The van der Waals surface area contributed by atoms with E-state index < -0.39 is 0 Å². The number of hydrogen-bond donors (Lipinski definition) is 1. The lowest BCUT2D eigenvalue weighted by Crippen LogP contribution is -2.12. The number of aromatic nitrogens is 3. The number of hydrogen-bond acceptors (Lipinski definition) is 4. The highest BCUT2D eigenvalue weighted by molar-refractivity contribution is 9.10. The Labute approximate surface area is 128 Å². The first-order valence-corrected chi connectivity index (χ1v) is 6.91. The van der Waals surface area contributed by atoms with Crippen LogP contribution < -0.4 is 10.1 Å². The molecule has 3 aromatic rings. The van der Waals surface area contributed by atoms with Gasteiger partial charge in [-0.05, 0) is 34.1 Å². The van der Waals surface area contributed by atoms with Gasteiger partial charge in [0.15, 0.2) is 0 Å². The van der Waals surface area contributed by atoms with Gasteiger partial charge in [-0.2, -0.15) is 0 Å². The fourth-order valence-electron chi connectivity index (χ4n) is 1.85. The highest BCUT2D eigenvalue weighted by Gasteiger charge is 2.13. The third-order valence-electron chi connectivity index (χ3n) is 2.89. The molecule has 2 heterocycles. The second-order valence-corrected chi connectivity index (χ2v) is 5.11. The number of anilines is 1. The molecule has 0 radical (unpaired) electrons. The minimum Gasteiger partial charge on any atom is -0.497 e. The summed E-state index contributed by atoms with van der Waals surface area (Å²) in [4.78, 5) is 20.5. The number of amides is 1. The Morgan fingerprint density at radius 1 is 1.43 bits per heavy atom. The number of ether oxygens (including phenoxy) is 1. The lowest BCUT2D eigenvalue weighted by atomic mass is 10.3. The van der Waals surface area contributed by atoms with E-state index in [1.165, 1.54) is 0 Å². The van der Waals surface area contributed by atoms with E-state index in [1.807, 2.05) is 0 Å². The number of methoxy groups -OCH3 is 1. The van der Waals surface area contributed by atoms with Gasteiger partial charge >= 0.3 is 0 Å². The van der Waals surface area contributed by atoms with Gasteiger partial charge in [0.1, 0.15) is 11.4 Å². The number of fused-ring (bicyclic) bond motifs is 1. The third-order valence-corrected chi connectivity index (χ3v) is 3.58. The Morgan fingerprint density at radius 3 is 3.05 bits per heavy atom. The standard InChI is InChI=1S/C14H11BrN4O2/c1-21-9-3-4-10(15)11(7-9)17-13(20)12-8-19-6-2-5-16-14(19)18-12/h2-8H,1H3,(H,17,20). The van der Waals surface area contributed by atoms with E-state index in [0.29, 0.717) is 22.9 Å². The minimum absolute atomic E-state index is 0.295. The molecule has 0 saturated carbocycles. The normalized spacial score (nSPS) is 10.6. The number of benzene rings is 1. The van der Waals surface area contributed by atoms with Crippen molar-refractivity contribution in [2.24, 2.45) is 0 Å². The monoisotopic (exact) mass is 346 g/mol. The van der Waals surface area contributed by atoms with Crippen LogP contribution in [0, 0.1) is 0 Å². The molecule has 1 aromatic carbocycles. The van der Waals surface area contributed by atoms with Crippen molar-refractivity contribution in [1.29, 1.82) is 0 Å². The third kappa shape index (κ3) is 2.73. The molecule has 0 aliphatic heterocycles. The number of halogens is 1. The van der Waals surface area contributed by atoms with Crippen LogP contribution in [-0.2, 0) is 0 Å². The molecule has 0 aliphatic rings. The average molecular weight is 347 g/mol. The summed E-state index contributed by atoms with van der Waals surface area (Å²) in [6.45, 7) is 0. The van der Waals surface area contributed by atoms with Gasteiger partial charge in [-0.25, -0.2) is 9.97 Å². The molecule has 0 atom stereocenters. The maximum atomic E-state index is 12.3. The van der Waals surface area contributed by atoms with Crippen LogP contribution >= 0.6 is 15.9 Å². The van der Waals surface area contributed by atoms with Gasteiger partial charge in [0.25, 0.3) is 5.91 Å². The second kappa shape index (κ2) is 5.53. The zero-order chi connectivity index (χ0) is 14.8. The zero-order valence-electron chi connectivity index (χ0n) is 11.1. The molecule has 1 N–H and O–H groups in total. The highest BCUT2D eigenvalue weighted by Crippen LogP contribution is 2.27. The van der Waals surface area contributed by atoms with Gasteiger partial charge in [-0.3, -0.25) is 9.20 Å². The summed E-state index contributed by atoms with van der Waals surface area (Å²) in [5.74, 6) is 0.826. The van der Waals surface area contributed by atoms with Crippen molar-refractivity contribution in [2.45, 2.75) is 0 Å². The van der Waals surface area contributed by atoms with Crippen molar-refractivity contribution in [3.63, 3.8) is 0 Å². The van der Waals surface area contributed by atoms with E-state index in [2.05, 4.69) is 31.2 Å². The highest BCUT2D eigenvalue weighted by atomic mass is 79.9. The second-order valence-electron chi connectivity index (χ2n) is 4.25. The fraction of sp³-hybridized carbons (Fsp3) is 0.0714. The van der Waals surface area contributed by atoms with E-state index in [0.717, 1.165) is 4.47 Å². The number of nitrogens with zero attached hydrogens (tertiary/aromatic N) is 3. The summed E-state index contributed by atoms with van der Waals surface area (Å²) >= 11 is 3.39. The van der Waals surface area contributed by atoms with Gasteiger partial charge < -0.3 is 10.1 Å². The molecule has 0 fully saturated rings. The summed E-state index contributed by atoms with van der Waals surface area (Å²) < 4.78 is 7.60. The summed E-state index contributed by atoms with van der Waals surface area (Å²) in [7, 11) is 1.57. The van der Waals surface area contributed by atoms with E-state index in [4.69, 9.17) is 4.74 Å². The number of carbonyl (C=O) groups excluding carboxylic acids is 1. The maximum absolute atomic E-state index is 12.3.